The lowest BCUT2D eigenvalue weighted by Gasteiger charge is -2.11. The molecule has 1 aromatic carbocycles. The van der Waals surface area contributed by atoms with Crippen LogP contribution in [0.4, 0.5) is 0 Å². The summed E-state index contributed by atoms with van der Waals surface area (Å²) in [5.74, 6) is -1.00. The summed E-state index contributed by atoms with van der Waals surface area (Å²) in [4.78, 5) is 14.7. The fourth-order valence-corrected chi connectivity index (χ4v) is 3.06. The topological polar surface area (TPSA) is 122 Å². The van der Waals surface area contributed by atoms with Crippen molar-refractivity contribution in [3.63, 3.8) is 0 Å². The molecule has 0 fully saturated rings. The van der Waals surface area contributed by atoms with E-state index in [4.69, 9.17) is 5.11 Å². The highest BCUT2D eigenvalue weighted by atomic mass is 32.2. The molecule has 8 nitrogen and oxygen atoms in total. The highest BCUT2D eigenvalue weighted by Crippen LogP contribution is 2.21. The molecule has 0 aliphatic rings. The van der Waals surface area contributed by atoms with Gasteiger partial charge in [-0.1, -0.05) is 5.16 Å². The van der Waals surface area contributed by atoms with Gasteiger partial charge in [0, 0.05) is 0 Å². The van der Waals surface area contributed by atoms with Crippen molar-refractivity contribution in [2.75, 3.05) is 0 Å². The van der Waals surface area contributed by atoms with Crippen LogP contribution in [-0.2, 0) is 16.6 Å². The second-order valence-corrected chi connectivity index (χ2v) is 6.13. The number of aromatic nitrogens is 2. The first-order valence-electron chi connectivity index (χ1n) is 5.90. The van der Waals surface area contributed by atoms with Crippen LogP contribution in [0.5, 0.6) is 0 Å². The van der Waals surface area contributed by atoms with Crippen molar-refractivity contribution in [3.8, 4) is 0 Å². The number of rotatable bonds is 5. The molecule has 21 heavy (non-hydrogen) atoms. The first-order chi connectivity index (χ1) is 9.81. The first kappa shape index (κ1) is 15.1. The lowest BCUT2D eigenvalue weighted by Crippen LogP contribution is -2.25. The van der Waals surface area contributed by atoms with E-state index < -0.39 is 16.0 Å². The summed E-state index contributed by atoms with van der Waals surface area (Å²) in [7, 11) is -3.88. The van der Waals surface area contributed by atoms with Crippen LogP contribution in [0, 0.1) is 13.8 Å². The largest absolute Gasteiger partial charge is 0.478 e. The van der Waals surface area contributed by atoms with Crippen molar-refractivity contribution in [2.45, 2.75) is 25.3 Å². The average Bonchev–Trinajstić information content (AvgIpc) is 2.92. The van der Waals surface area contributed by atoms with Gasteiger partial charge in [-0.15, -0.1) is 0 Å². The van der Waals surface area contributed by atoms with Crippen molar-refractivity contribution in [2.24, 2.45) is 0 Å². The van der Waals surface area contributed by atoms with Crippen molar-refractivity contribution in [1.82, 2.24) is 14.9 Å². The summed E-state index contributed by atoms with van der Waals surface area (Å²) >= 11 is 0. The molecule has 0 saturated carbocycles. The number of carboxylic acids is 1. The smallest absolute Gasteiger partial charge is 0.335 e. The van der Waals surface area contributed by atoms with E-state index in [2.05, 4.69) is 19.4 Å². The molecule has 0 unspecified atom stereocenters. The third-order valence-corrected chi connectivity index (χ3v) is 4.51. The molecular formula is C12H13N3O5S. The molecule has 2 rings (SSSR count). The molecule has 0 atom stereocenters. The van der Waals surface area contributed by atoms with Gasteiger partial charge in [-0.25, -0.2) is 17.9 Å². The summed E-state index contributed by atoms with van der Waals surface area (Å²) < 4.78 is 31.4. The van der Waals surface area contributed by atoms with Crippen LogP contribution in [0.25, 0.3) is 0 Å². The van der Waals surface area contributed by atoms with Crippen LogP contribution in [0.3, 0.4) is 0 Å². The normalized spacial score (nSPS) is 11.5. The van der Waals surface area contributed by atoms with E-state index in [9.17, 15) is 13.2 Å². The number of aromatic carboxylic acids is 1. The van der Waals surface area contributed by atoms with Gasteiger partial charge in [-0.3, -0.25) is 0 Å². The number of nitrogens with one attached hydrogen (secondary N) is 1. The highest BCUT2D eigenvalue weighted by molar-refractivity contribution is 7.89. The first-order valence-corrected chi connectivity index (χ1v) is 7.39. The number of benzene rings is 1. The minimum Gasteiger partial charge on any atom is -0.478 e. The van der Waals surface area contributed by atoms with Crippen LogP contribution in [0.1, 0.15) is 27.3 Å². The Bertz CT molecular complexity index is 768. The molecule has 0 aliphatic carbocycles. The zero-order valence-corrected chi connectivity index (χ0v) is 12.1. The molecule has 112 valence electrons. The summed E-state index contributed by atoms with van der Waals surface area (Å²) in [5, 5.41) is 12.5. The standard InChI is InChI=1S/C12H13N3O5S/c1-7-3-9(12(16)17)4-10(8(7)2)21(18,19)14-5-11-13-6-20-15-11/h3-4,6,14H,5H2,1-2H3,(H,16,17). The molecule has 1 aromatic heterocycles. The van der Waals surface area contributed by atoms with Gasteiger partial charge in [-0.05, 0) is 37.1 Å². The van der Waals surface area contributed by atoms with E-state index in [1.807, 2.05) is 0 Å². The van der Waals surface area contributed by atoms with E-state index in [0.717, 1.165) is 12.5 Å². The molecule has 1 heterocycles. The monoisotopic (exact) mass is 311 g/mol. The highest BCUT2D eigenvalue weighted by Gasteiger charge is 2.21. The van der Waals surface area contributed by atoms with Crippen LogP contribution in [0.2, 0.25) is 0 Å². The number of hydrogen-bond donors (Lipinski definition) is 2. The van der Waals surface area contributed by atoms with E-state index in [-0.39, 0.29) is 22.8 Å². The van der Waals surface area contributed by atoms with E-state index in [0.29, 0.717) is 11.1 Å². The number of aryl methyl sites for hydroxylation is 1. The summed E-state index contributed by atoms with van der Waals surface area (Å²) in [6.45, 7) is 3.12. The number of sulfonamides is 1. The van der Waals surface area contributed by atoms with Gasteiger partial charge in [0.1, 0.15) is 0 Å². The van der Waals surface area contributed by atoms with Gasteiger partial charge in [0.05, 0.1) is 17.0 Å². The van der Waals surface area contributed by atoms with Gasteiger partial charge in [-0.2, -0.15) is 4.98 Å². The zero-order valence-electron chi connectivity index (χ0n) is 11.3. The SMILES string of the molecule is Cc1cc(C(=O)O)cc(S(=O)(=O)NCc2ncon2)c1C. The maximum atomic E-state index is 12.3. The van der Waals surface area contributed by atoms with Gasteiger partial charge in [0.15, 0.2) is 5.82 Å². The Kier molecular flexibility index (Phi) is 4.05. The predicted molar refractivity (Wildman–Crippen MR) is 71.2 cm³/mol. The van der Waals surface area contributed by atoms with E-state index in [1.54, 1.807) is 13.8 Å². The quantitative estimate of drug-likeness (QED) is 0.839. The lowest BCUT2D eigenvalue weighted by atomic mass is 10.1. The minimum atomic E-state index is -3.88. The van der Waals surface area contributed by atoms with Crippen LogP contribution >= 0.6 is 0 Å². The third kappa shape index (κ3) is 3.26. The van der Waals surface area contributed by atoms with E-state index in [1.165, 1.54) is 6.07 Å². The van der Waals surface area contributed by atoms with Gasteiger partial charge >= 0.3 is 5.97 Å². The molecular weight excluding hydrogens is 298 g/mol. The maximum absolute atomic E-state index is 12.3. The Hall–Kier alpha value is -2.26. The lowest BCUT2D eigenvalue weighted by molar-refractivity contribution is 0.0696. The fourth-order valence-electron chi connectivity index (χ4n) is 1.74. The Labute approximate surface area is 120 Å². The number of carbonyl (C=O) groups is 1. The van der Waals surface area contributed by atoms with Crippen molar-refractivity contribution < 1.29 is 22.8 Å². The molecule has 2 aromatic rings. The van der Waals surface area contributed by atoms with Crippen LogP contribution in [-0.4, -0.2) is 29.6 Å². The fraction of sp³-hybridized carbons (Fsp3) is 0.250. The Morgan fingerprint density at radius 1 is 1.38 bits per heavy atom. The molecule has 0 bridgehead atoms. The van der Waals surface area contributed by atoms with Crippen molar-refractivity contribution >= 4 is 16.0 Å². The van der Waals surface area contributed by atoms with Gasteiger partial charge < -0.3 is 9.63 Å². The number of nitrogens with zero attached hydrogens (tertiary/aromatic N) is 2. The molecule has 0 amide bonds. The number of carboxylic acid groups (broad SMARTS) is 1. The summed E-state index contributed by atoms with van der Waals surface area (Å²) in [5.41, 5.74) is 0.980. The van der Waals surface area contributed by atoms with Crippen molar-refractivity contribution in [3.05, 3.63) is 41.0 Å². The summed E-state index contributed by atoms with van der Waals surface area (Å²) in [6.07, 6.45) is 1.09. The Balaban J connectivity index is 2.37. The second kappa shape index (κ2) is 5.62. The van der Waals surface area contributed by atoms with Gasteiger partial charge in [0.25, 0.3) is 0 Å². The Morgan fingerprint density at radius 3 is 2.67 bits per heavy atom. The molecule has 0 saturated heterocycles. The average molecular weight is 311 g/mol. The Morgan fingerprint density at radius 2 is 2.10 bits per heavy atom. The molecule has 2 N–H and O–H groups in total. The third-order valence-electron chi connectivity index (χ3n) is 2.98. The second-order valence-electron chi connectivity index (χ2n) is 4.39. The molecule has 0 aliphatic heterocycles. The predicted octanol–water partition coefficient (Wildman–Crippen LogP) is 0.863. The zero-order chi connectivity index (χ0) is 15.6. The minimum absolute atomic E-state index is 0.0802. The summed E-state index contributed by atoms with van der Waals surface area (Å²) in [6, 6.07) is 2.55. The molecule has 0 spiro atoms. The molecule has 9 heteroatoms. The van der Waals surface area contributed by atoms with Gasteiger partial charge in [0.2, 0.25) is 16.4 Å². The number of hydrogen-bond acceptors (Lipinski definition) is 6. The van der Waals surface area contributed by atoms with E-state index >= 15 is 0 Å². The molecule has 0 radical (unpaired) electrons. The van der Waals surface area contributed by atoms with Crippen LogP contribution in [0.15, 0.2) is 27.9 Å². The maximum Gasteiger partial charge on any atom is 0.335 e. The van der Waals surface area contributed by atoms with Crippen molar-refractivity contribution in [1.29, 1.82) is 0 Å². The van der Waals surface area contributed by atoms with Crippen LogP contribution < -0.4 is 4.72 Å².